The fourth-order valence-electron chi connectivity index (χ4n) is 1.45. The molecular weight excluding hydrogens is 224 g/mol. The van der Waals surface area contributed by atoms with Gasteiger partial charge in [0.25, 0.3) is 0 Å². The van der Waals surface area contributed by atoms with Crippen LogP contribution in [0.5, 0.6) is 11.5 Å². The Kier molecular flexibility index (Phi) is 3.68. The minimum Gasteiger partial charge on any atom is -0.508 e. The van der Waals surface area contributed by atoms with E-state index in [2.05, 4.69) is 18.4 Å². The summed E-state index contributed by atoms with van der Waals surface area (Å²) < 4.78 is 5.27. The normalized spacial score (nSPS) is 9.11. The van der Waals surface area contributed by atoms with Crippen molar-refractivity contribution in [1.82, 2.24) is 0 Å². The second kappa shape index (κ2) is 5.60. The summed E-state index contributed by atoms with van der Waals surface area (Å²) in [7, 11) is 0. The second-order valence-corrected chi connectivity index (χ2v) is 3.58. The number of phenolic OH excluding ortho intramolecular Hbond substituents is 1. The van der Waals surface area contributed by atoms with Gasteiger partial charge in [0.1, 0.15) is 11.5 Å². The summed E-state index contributed by atoms with van der Waals surface area (Å²) in [6.45, 7) is 3.53. The Morgan fingerprint density at radius 3 is 2.44 bits per heavy atom. The number of para-hydroxylation sites is 1. The molecule has 88 valence electrons. The number of benzene rings is 2. The number of hydrogen-bond acceptors (Lipinski definition) is 2. The van der Waals surface area contributed by atoms with Gasteiger partial charge >= 0.3 is 0 Å². The molecule has 0 saturated heterocycles. The Morgan fingerprint density at radius 1 is 1.00 bits per heavy atom. The molecule has 0 atom stereocenters. The first-order valence-electron chi connectivity index (χ1n) is 5.47. The van der Waals surface area contributed by atoms with Crippen LogP contribution in [0.2, 0.25) is 0 Å². The SMILES string of the molecule is C=COc1ccccc1C#Cc1ccc(O)cc1. The van der Waals surface area contributed by atoms with Crippen LogP contribution in [-0.2, 0) is 0 Å². The van der Waals surface area contributed by atoms with Crippen molar-refractivity contribution in [3.63, 3.8) is 0 Å². The maximum absolute atomic E-state index is 9.18. The van der Waals surface area contributed by atoms with Crippen molar-refractivity contribution in [2.75, 3.05) is 0 Å². The summed E-state index contributed by atoms with van der Waals surface area (Å²) in [5.41, 5.74) is 1.63. The number of rotatable bonds is 2. The van der Waals surface area contributed by atoms with Crippen LogP contribution >= 0.6 is 0 Å². The van der Waals surface area contributed by atoms with Crippen LogP contribution in [0, 0.1) is 11.8 Å². The molecule has 0 saturated carbocycles. The molecular formula is C16H12O2. The highest BCUT2D eigenvalue weighted by Gasteiger charge is 1.97. The van der Waals surface area contributed by atoms with Crippen molar-refractivity contribution in [3.05, 3.63) is 72.5 Å². The van der Waals surface area contributed by atoms with Crippen LogP contribution in [0.1, 0.15) is 11.1 Å². The fourth-order valence-corrected chi connectivity index (χ4v) is 1.45. The lowest BCUT2D eigenvalue weighted by Crippen LogP contribution is -1.85. The van der Waals surface area contributed by atoms with Gasteiger partial charge < -0.3 is 9.84 Å². The van der Waals surface area contributed by atoms with Gasteiger partial charge in [-0.3, -0.25) is 0 Å². The van der Waals surface area contributed by atoms with Crippen LogP contribution in [0.4, 0.5) is 0 Å². The molecule has 2 rings (SSSR count). The Balaban J connectivity index is 2.29. The Bertz CT molecular complexity index is 601. The molecule has 0 aliphatic rings. The van der Waals surface area contributed by atoms with E-state index in [0.717, 1.165) is 11.1 Å². The molecule has 0 unspecified atom stereocenters. The van der Waals surface area contributed by atoms with E-state index in [1.165, 1.54) is 6.26 Å². The zero-order valence-electron chi connectivity index (χ0n) is 9.76. The molecule has 0 amide bonds. The summed E-state index contributed by atoms with van der Waals surface area (Å²) in [6, 6.07) is 14.2. The van der Waals surface area contributed by atoms with Crippen molar-refractivity contribution < 1.29 is 9.84 Å². The van der Waals surface area contributed by atoms with Gasteiger partial charge in [-0.15, -0.1) is 0 Å². The first-order chi connectivity index (χ1) is 8.79. The average Bonchev–Trinajstić information content (AvgIpc) is 2.40. The van der Waals surface area contributed by atoms with Gasteiger partial charge in [-0.2, -0.15) is 0 Å². The van der Waals surface area contributed by atoms with E-state index >= 15 is 0 Å². The molecule has 2 aromatic carbocycles. The minimum absolute atomic E-state index is 0.232. The number of hydrogen-bond donors (Lipinski definition) is 1. The third-order valence-electron chi connectivity index (χ3n) is 2.31. The standard InChI is InChI=1S/C16H12O2/c1-2-18-16-6-4-3-5-14(16)10-7-13-8-11-15(17)12-9-13/h2-6,8-9,11-12,17H,1H2. The van der Waals surface area contributed by atoms with Gasteiger partial charge in [0, 0.05) is 5.56 Å². The predicted octanol–water partition coefficient (Wildman–Crippen LogP) is 3.31. The molecule has 2 nitrogen and oxygen atoms in total. The topological polar surface area (TPSA) is 29.5 Å². The third-order valence-corrected chi connectivity index (χ3v) is 2.31. The maximum Gasteiger partial charge on any atom is 0.142 e. The van der Waals surface area contributed by atoms with Gasteiger partial charge in [-0.25, -0.2) is 0 Å². The largest absolute Gasteiger partial charge is 0.508 e. The highest BCUT2D eigenvalue weighted by Crippen LogP contribution is 2.17. The molecule has 0 spiro atoms. The highest BCUT2D eigenvalue weighted by atomic mass is 16.5. The van der Waals surface area contributed by atoms with Crippen molar-refractivity contribution in [3.8, 4) is 23.3 Å². The van der Waals surface area contributed by atoms with Crippen LogP contribution < -0.4 is 4.74 Å². The van der Waals surface area contributed by atoms with Gasteiger partial charge in [0.05, 0.1) is 11.8 Å². The molecule has 0 aromatic heterocycles. The second-order valence-electron chi connectivity index (χ2n) is 3.58. The lowest BCUT2D eigenvalue weighted by molar-refractivity contribution is 0.475. The molecule has 0 aliphatic carbocycles. The third kappa shape index (κ3) is 2.93. The summed E-state index contributed by atoms with van der Waals surface area (Å²) in [5.74, 6) is 6.95. The van der Waals surface area contributed by atoms with Crippen LogP contribution in [-0.4, -0.2) is 5.11 Å². The van der Waals surface area contributed by atoms with E-state index < -0.39 is 0 Å². The van der Waals surface area contributed by atoms with Crippen molar-refractivity contribution >= 4 is 0 Å². The van der Waals surface area contributed by atoms with Crippen molar-refractivity contribution in [2.24, 2.45) is 0 Å². The van der Waals surface area contributed by atoms with E-state index in [9.17, 15) is 5.11 Å². The average molecular weight is 236 g/mol. The molecule has 18 heavy (non-hydrogen) atoms. The Labute approximate surface area is 106 Å². The van der Waals surface area contributed by atoms with E-state index in [1.54, 1.807) is 24.3 Å². The zero-order valence-corrected chi connectivity index (χ0v) is 9.76. The molecule has 2 aromatic rings. The Hall–Kier alpha value is -2.66. The quantitative estimate of drug-likeness (QED) is 0.640. The maximum atomic E-state index is 9.18. The number of phenols is 1. The van der Waals surface area contributed by atoms with E-state index in [0.29, 0.717) is 5.75 Å². The molecule has 0 fully saturated rings. The Morgan fingerprint density at radius 2 is 1.72 bits per heavy atom. The summed E-state index contributed by atoms with van der Waals surface area (Å²) >= 11 is 0. The highest BCUT2D eigenvalue weighted by molar-refractivity contribution is 5.50. The smallest absolute Gasteiger partial charge is 0.142 e. The van der Waals surface area contributed by atoms with E-state index in [1.807, 2.05) is 24.3 Å². The molecule has 0 bridgehead atoms. The van der Waals surface area contributed by atoms with Gasteiger partial charge in [-0.1, -0.05) is 30.6 Å². The first-order valence-corrected chi connectivity index (χ1v) is 5.47. The van der Waals surface area contributed by atoms with E-state index in [-0.39, 0.29) is 5.75 Å². The molecule has 0 heterocycles. The van der Waals surface area contributed by atoms with Gasteiger partial charge in [0.2, 0.25) is 0 Å². The molecule has 0 radical (unpaired) electrons. The summed E-state index contributed by atoms with van der Waals surface area (Å²) in [5, 5.41) is 9.18. The zero-order chi connectivity index (χ0) is 12.8. The predicted molar refractivity (Wildman–Crippen MR) is 71.4 cm³/mol. The molecule has 1 N–H and O–H groups in total. The lowest BCUT2D eigenvalue weighted by atomic mass is 10.1. The van der Waals surface area contributed by atoms with E-state index in [4.69, 9.17) is 4.74 Å². The molecule has 2 heteroatoms. The molecule has 0 aliphatic heterocycles. The van der Waals surface area contributed by atoms with Crippen LogP contribution in [0.25, 0.3) is 0 Å². The van der Waals surface area contributed by atoms with Crippen molar-refractivity contribution in [1.29, 1.82) is 0 Å². The van der Waals surface area contributed by atoms with Gasteiger partial charge in [0.15, 0.2) is 0 Å². The summed E-state index contributed by atoms with van der Waals surface area (Å²) in [4.78, 5) is 0. The van der Waals surface area contributed by atoms with Gasteiger partial charge in [-0.05, 0) is 36.4 Å². The number of aromatic hydroxyl groups is 1. The van der Waals surface area contributed by atoms with Crippen LogP contribution in [0.15, 0.2) is 61.4 Å². The monoisotopic (exact) mass is 236 g/mol. The number of ether oxygens (including phenoxy) is 1. The van der Waals surface area contributed by atoms with Crippen LogP contribution in [0.3, 0.4) is 0 Å². The summed E-state index contributed by atoms with van der Waals surface area (Å²) in [6.07, 6.45) is 1.38. The minimum atomic E-state index is 0.232. The lowest BCUT2D eigenvalue weighted by Gasteiger charge is -2.01. The fraction of sp³-hybridized carbons (Fsp3) is 0. The van der Waals surface area contributed by atoms with Crippen molar-refractivity contribution in [2.45, 2.75) is 0 Å². The first kappa shape index (κ1) is 11.8.